The molecule has 26 heavy (non-hydrogen) atoms. The summed E-state index contributed by atoms with van der Waals surface area (Å²) in [6.45, 7) is 5.92. The van der Waals surface area contributed by atoms with Gasteiger partial charge in [0.25, 0.3) is 5.91 Å². The molecule has 1 aromatic rings. The van der Waals surface area contributed by atoms with E-state index in [2.05, 4.69) is 0 Å². The number of nitrogens with zero attached hydrogens (tertiary/aromatic N) is 3. The maximum absolute atomic E-state index is 12.9. The van der Waals surface area contributed by atoms with Crippen molar-refractivity contribution in [1.82, 2.24) is 9.80 Å². The highest BCUT2D eigenvalue weighted by molar-refractivity contribution is 6.32. The monoisotopic (exact) mass is 379 g/mol. The van der Waals surface area contributed by atoms with Crippen LogP contribution in [0.1, 0.15) is 18.9 Å². The lowest BCUT2D eigenvalue weighted by atomic mass is 10.1. The number of hydrogen-bond donors (Lipinski definition) is 0. The minimum absolute atomic E-state index is 0.143. The van der Waals surface area contributed by atoms with Gasteiger partial charge in [-0.15, -0.1) is 0 Å². The number of anilines is 1. The van der Waals surface area contributed by atoms with E-state index >= 15 is 0 Å². The van der Waals surface area contributed by atoms with Gasteiger partial charge < -0.3 is 9.64 Å². The molecule has 0 N–H and O–H groups in total. The summed E-state index contributed by atoms with van der Waals surface area (Å²) in [6.07, 6.45) is -0.193. The Morgan fingerprint density at radius 1 is 1.23 bits per heavy atom. The minimum Gasteiger partial charge on any atom is -0.450 e. The number of carbonyl (C=O) groups excluding carboxylic acids is 3. The van der Waals surface area contributed by atoms with Crippen LogP contribution in [0.5, 0.6) is 0 Å². The van der Waals surface area contributed by atoms with Gasteiger partial charge >= 0.3 is 6.09 Å². The smallest absolute Gasteiger partial charge is 0.409 e. The van der Waals surface area contributed by atoms with Crippen LogP contribution in [0.2, 0.25) is 5.02 Å². The first-order valence-electron chi connectivity index (χ1n) is 8.71. The van der Waals surface area contributed by atoms with Crippen molar-refractivity contribution >= 4 is 35.2 Å². The van der Waals surface area contributed by atoms with E-state index in [1.165, 1.54) is 4.90 Å². The molecule has 8 heteroatoms. The fraction of sp³-hybridized carbons (Fsp3) is 0.500. The van der Waals surface area contributed by atoms with Gasteiger partial charge in [0, 0.05) is 31.2 Å². The quantitative estimate of drug-likeness (QED) is 0.752. The molecular weight excluding hydrogens is 358 g/mol. The molecule has 2 fully saturated rings. The van der Waals surface area contributed by atoms with E-state index in [4.69, 9.17) is 16.3 Å². The first kappa shape index (κ1) is 18.7. The summed E-state index contributed by atoms with van der Waals surface area (Å²) >= 11 is 6.14. The van der Waals surface area contributed by atoms with E-state index in [1.54, 1.807) is 36.9 Å². The maximum atomic E-state index is 12.9. The summed E-state index contributed by atoms with van der Waals surface area (Å²) in [7, 11) is 0. The third-order valence-corrected chi connectivity index (χ3v) is 5.29. The summed E-state index contributed by atoms with van der Waals surface area (Å²) in [5, 5.41) is 0.523. The SMILES string of the molecule is CCOC(=O)N1CCN(C2CC(=O)N(c3cccc(Cl)c3C)C2=O)CC1. The zero-order valence-corrected chi connectivity index (χ0v) is 15.7. The molecule has 7 nitrogen and oxygen atoms in total. The van der Waals surface area contributed by atoms with Gasteiger partial charge in [0.15, 0.2) is 0 Å². The van der Waals surface area contributed by atoms with Gasteiger partial charge in [0.2, 0.25) is 5.91 Å². The summed E-state index contributed by atoms with van der Waals surface area (Å²) in [4.78, 5) is 42.0. The van der Waals surface area contributed by atoms with Crippen molar-refractivity contribution in [3.63, 3.8) is 0 Å². The van der Waals surface area contributed by atoms with Crippen LogP contribution in [0.4, 0.5) is 10.5 Å². The standard InChI is InChI=1S/C18H22ClN3O4/c1-3-26-18(25)21-9-7-20(8-10-21)15-11-16(23)22(17(15)24)14-6-4-5-13(19)12(14)2/h4-6,15H,3,7-11H2,1-2H3. The van der Waals surface area contributed by atoms with Crippen LogP contribution in [-0.2, 0) is 14.3 Å². The Hall–Kier alpha value is -2.12. The highest BCUT2D eigenvalue weighted by Crippen LogP contribution is 2.32. The van der Waals surface area contributed by atoms with Crippen LogP contribution in [-0.4, -0.2) is 66.5 Å². The predicted octanol–water partition coefficient (Wildman–Crippen LogP) is 2.05. The van der Waals surface area contributed by atoms with E-state index < -0.39 is 6.04 Å². The number of benzene rings is 1. The predicted molar refractivity (Wildman–Crippen MR) is 97.3 cm³/mol. The normalized spacial score (nSPS) is 21.4. The highest BCUT2D eigenvalue weighted by atomic mass is 35.5. The maximum Gasteiger partial charge on any atom is 0.409 e. The summed E-state index contributed by atoms with van der Waals surface area (Å²) in [5.41, 5.74) is 1.25. The molecule has 0 aliphatic carbocycles. The van der Waals surface area contributed by atoms with Crippen molar-refractivity contribution < 1.29 is 19.1 Å². The van der Waals surface area contributed by atoms with Gasteiger partial charge in [-0.25, -0.2) is 9.69 Å². The Labute approximate surface area is 157 Å². The lowest BCUT2D eigenvalue weighted by molar-refractivity contribution is -0.123. The fourth-order valence-corrected chi connectivity index (χ4v) is 3.59. The Morgan fingerprint density at radius 3 is 2.58 bits per heavy atom. The molecule has 0 saturated carbocycles. The average molecular weight is 380 g/mol. The summed E-state index contributed by atoms with van der Waals surface area (Å²) < 4.78 is 5.01. The van der Waals surface area contributed by atoms with Crippen molar-refractivity contribution in [2.24, 2.45) is 0 Å². The average Bonchev–Trinajstić information content (AvgIpc) is 2.92. The van der Waals surface area contributed by atoms with Crippen molar-refractivity contribution in [3.8, 4) is 0 Å². The van der Waals surface area contributed by atoms with E-state index in [1.807, 2.05) is 4.90 Å². The Bertz CT molecular complexity index is 731. The van der Waals surface area contributed by atoms with Crippen LogP contribution in [0, 0.1) is 6.92 Å². The van der Waals surface area contributed by atoms with Crippen LogP contribution < -0.4 is 4.90 Å². The van der Waals surface area contributed by atoms with E-state index in [-0.39, 0.29) is 24.3 Å². The molecule has 1 atom stereocenters. The molecule has 0 aromatic heterocycles. The van der Waals surface area contributed by atoms with Gasteiger partial charge in [-0.2, -0.15) is 0 Å². The topological polar surface area (TPSA) is 70.2 Å². The molecule has 2 heterocycles. The zero-order chi connectivity index (χ0) is 18.8. The number of halogens is 1. The number of rotatable bonds is 3. The second-order valence-corrected chi connectivity index (χ2v) is 6.80. The van der Waals surface area contributed by atoms with Crippen LogP contribution in [0.3, 0.4) is 0 Å². The third-order valence-electron chi connectivity index (χ3n) is 4.88. The number of hydrogen-bond acceptors (Lipinski definition) is 5. The highest BCUT2D eigenvalue weighted by Gasteiger charge is 2.44. The Balaban J connectivity index is 1.70. The van der Waals surface area contributed by atoms with Gasteiger partial charge in [-0.3, -0.25) is 14.5 Å². The van der Waals surface area contributed by atoms with Crippen LogP contribution >= 0.6 is 11.6 Å². The van der Waals surface area contributed by atoms with Gasteiger partial charge in [0.1, 0.15) is 0 Å². The summed E-state index contributed by atoms with van der Waals surface area (Å²) in [6, 6.07) is 4.71. The van der Waals surface area contributed by atoms with Crippen molar-refractivity contribution in [3.05, 3.63) is 28.8 Å². The number of amides is 3. The molecule has 2 aliphatic heterocycles. The first-order valence-corrected chi connectivity index (χ1v) is 9.09. The Morgan fingerprint density at radius 2 is 1.92 bits per heavy atom. The minimum atomic E-state index is -0.495. The molecular formula is C18H22ClN3O4. The van der Waals surface area contributed by atoms with Crippen LogP contribution in [0.25, 0.3) is 0 Å². The third kappa shape index (κ3) is 3.41. The fourth-order valence-electron chi connectivity index (χ4n) is 3.42. The number of piperazine rings is 1. The lowest BCUT2D eigenvalue weighted by Gasteiger charge is -2.36. The number of imide groups is 1. The van der Waals surface area contributed by atoms with Crippen molar-refractivity contribution in [2.45, 2.75) is 26.3 Å². The number of ether oxygens (including phenoxy) is 1. The second-order valence-electron chi connectivity index (χ2n) is 6.39. The molecule has 3 amide bonds. The molecule has 0 bridgehead atoms. The van der Waals surface area contributed by atoms with Crippen molar-refractivity contribution in [2.75, 3.05) is 37.7 Å². The first-order chi connectivity index (χ1) is 12.4. The molecule has 2 aliphatic rings. The van der Waals surface area contributed by atoms with Crippen LogP contribution in [0.15, 0.2) is 18.2 Å². The number of carbonyl (C=O) groups is 3. The van der Waals surface area contributed by atoms with Gasteiger partial charge in [-0.05, 0) is 31.5 Å². The molecule has 1 unspecified atom stereocenters. The summed E-state index contributed by atoms with van der Waals surface area (Å²) in [5.74, 6) is -0.455. The van der Waals surface area contributed by atoms with E-state index in [0.29, 0.717) is 49.1 Å². The Kier molecular flexibility index (Phi) is 5.48. The largest absolute Gasteiger partial charge is 0.450 e. The molecule has 1 aromatic carbocycles. The zero-order valence-electron chi connectivity index (χ0n) is 14.9. The van der Waals surface area contributed by atoms with Crippen molar-refractivity contribution in [1.29, 1.82) is 0 Å². The second kappa shape index (κ2) is 7.63. The van der Waals surface area contributed by atoms with Gasteiger partial charge in [-0.1, -0.05) is 17.7 Å². The molecule has 2 saturated heterocycles. The molecule has 3 rings (SSSR count). The van der Waals surface area contributed by atoms with E-state index in [9.17, 15) is 14.4 Å². The molecule has 0 radical (unpaired) electrons. The lowest BCUT2D eigenvalue weighted by Crippen LogP contribution is -2.54. The molecule has 0 spiro atoms. The van der Waals surface area contributed by atoms with Gasteiger partial charge in [0.05, 0.1) is 24.8 Å². The van der Waals surface area contributed by atoms with E-state index in [0.717, 1.165) is 0 Å². The molecule has 140 valence electrons.